The average molecular weight is 222 g/mol. The number of hydrogen-bond donors (Lipinski definition) is 0. The molecule has 0 spiro atoms. The lowest BCUT2D eigenvalue weighted by molar-refractivity contribution is -0.588. The van der Waals surface area contributed by atoms with E-state index in [4.69, 9.17) is 0 Å². The fraction of sp³-hybridized carbons (Fsp3) is 0.917. The molecule has 2 fully saturated rings. The largest absolute Gasteiger partial charge is 0.264 e. The molecular formula is C12H18N2O2. The minimum atomic E-state index is -0.928. The molecule has 2 saturated carbocycles. The Balaban J connectivity index is 2.37. The second-order valence-electron chi connectivity index (χ2n) is 5.25. The van der Waals surface area contributed by atoms with Gasteiger partial charge in [0.15, 0.2) is 0 Å². The van der Waals surface area contributed by atoms with E-state index in [0.717, 1.165) is 44.9 Å². The van der Waals surface area contributed by atoms with Crippen molar-refractivity contribution in [2.75, 3.05) is 0 Å². The molecule has 2 rings (SSSR count). The van der Waals surface area contributed by atoms with Crippen LogP contribution >= 0.6 is 0 Å². The van der Waals surface area contributed by atoms with Crippen molar-refractivity contribution in [2.45, 2.75) is 63.3 Å². The molecule has 0 heterocycles. The van der Waals surface area contributed by atoms with Crippen molar-refractivity contribution in [1.29, 1.82) is 5.26 Å². The minimum absolute atomic E-state index is 0.130. The third-order valence-electron chi connectivity index (χ3n) is 4.59. The Kier molecular flexibility index (Phi) is 2.88. The lowest BCUT2D eigenvalue weighted by atomic mass is 9.61. The molecule has 0 radical (unpaired) electrons. The maximum Gasteiger partial charge on any atom is 0.240 e. The van der Waals surface area contributed by atoms with Gasteiger partial charge in [-0.2, -0.15) is 5.26 Å². The number of nitriles is 1. The van der Waals surface area contributed by atoms with Gasteiger partial charge in [-0.15, -0.1) is 0 Å². The lowest BCUT2D eigenvalue weighted by Gasteiger charge is -2.39. The summed E-state index contributed by atoms with van der Waals surface area (Å²) in [4.78, 5) is 11.3. The van der Waals surface area contributed by atoms with Crippen molar-refractivity contribution in [2.24, 2.45) is 5.41 Å². The van der Waals surface area contributed by atoms with Gasteiger partial charge in [-0.1, -0.05) is 19.3 Å². The molecule has 0 bridgehead atoms. The van der Waals surface area contributed by atoms with E-state index in [1.54, 1.807) is 0 Å². The van der Waals surface area contributed by atoms with Crippen molar-refractivity contribution in [3.63, 3.8) is 0 Å². The summed E-state index contributed by atoms with van der Waals surface area (Å²) in [7, 11) is 0. The summed E-state index contributed by atoms with van der Waals surface area (Å²) in [6.07, 6.45) is 7.55. The first-order chi connectivity index (χ1) is 7.67. The van der Waals surface area contributed by atoms with Gasteiger partial charge in [-0.25, -0.2) is 0 Å². The van der Waals surface area contributed by atoms with E-state index in [9.17, 15) is 15.4 Å². The summed E-state index contributed by atoms with van der Waals surface area (Å²) in [6.45, 7) is 0. The summed E-state index contributed by atoms with van der Waals surface area (Å²) in [5.74, 6) is 0. The Labute approximate surface area is 95.8 Å². The van der Waals surface area contributed by atoms with Crippen molar-refractivity contribution in [3.05, 3.63) is 10.1 Å². The van der Waals surface area contributed by atoms with Crippen molar-refractivity contribution in [3.8, 4) is 6.07 Å². The molecule has 0 aromatic heterocycles. The smallest absolute Gasteiger partial charge is 0.240 e. The molecule has 0 saturated heterocycles. The monoisotopic (exact) mass is 222 g/mol. The fourth-order valence-corrected chi connectivity index (χ4v) is 3.63. The maximum absolute atomic E-state index is 11.4. The zero-order valence-corrected chi connectivity index (χ0v) is 9.57. The van der Waals surface area contributed by atoms with Crippen LogP contribution in [0.5, 0.6) is 0 Å². The van der Waals surface area contributed by atoms with E-state index in [-0.39, 0.29) is 4.92 Å². The fourth-order valence-electron chi connectivity index (χ4n) is 3.63. The van der Waals surface area contributed by atoms with Crippen LogP contribution in [0.25, 0.3) is 0 Å². The van der Waals surface area contributed by atoms with Crippen LogP contribution in [0.2, 0.25) is 0 Å². The Morgan fingerprint density at radius 1 is 1.00 bits per heavy atom. The number of nitro groups is 1. The highest BCUT2D eigenvalue weighted by Crippen LogP contribution is 2.53. The average Bonchev–Trinajstić information content (AvgIpc) is 2.80. The predicted molar refractivity (Wildman–Crippen MR) is 59.3 cm³/mol. The molecule has 0 amide bonds. The van der Waals surface area contributed by atoms with Gasteiger partial charge in [0, 0.05) is 17.8 Å². The van der Waals surface area contributed by atoms with Gasteiger partial charge >= 0.3 is 0 Å². The van der Waals surface area contributed by atoms with E-state index < -0.39 is 11.0 Å². The van der Waals surface area contributed by atoms with Gasteiger partial charge in [0.2, 0.25) is 5.54 Å². The zero-order chi connectivity index (χ0) is 11.6. The molecule has 2 aliphatic rings. The molecule has 0 unspecified atom stereocenters. The minimum Gasteiger partial charge on any atom is -0.264 e. The summed E-state index contributed by atoms with van der Waals surface area (Å²) >= 11 is 0. The van der Waals surface area contributed by atoms with Crippen LogP contribution in [-0.2, 0) is 0 Å². The van der Waals surface area contributed by atoms with Gasteiger partial charge in [-0.3, -0.25) is 10.1 Å². The topological polar surface area (TPSA) is 66.9 Å². The van der Waals surface area contributed by atoms with Crippen LogP contribution in [0.1, 0.15) is 57.8 Å². The molecule has 16 heavy (non-hydrogen) atoms. The van der Waals surface area contributed by atoms with Gasteiger partial charge in [0.05, 0.1) is 6.07 Å². The highest BCUT2D eigenvalue weighted by atomic mass is 16.6. The lowest BCUT2D eigenvalue weighted by Crippen LogP contribution is -2.52. The number of nitrogens with zero attached hydrogens (tertiary/aromatic N) is 2. The van der Waals surface area contributed by atoms with Crippen molar-refractivity contribution < 1.29 is 4.92 Å². The van der Waals surface area contributed by atoms with Crippen molar-refractivity contribution in [1.82, 2.24) is 0 Å². The normalized spacial score (nSPS) is 27.2. The third-order valence-corrected chi connectivity index (χ3v) is 4.59. The van der Waals surface area contributed by atoms with Crippen LogP contribution in [0.3, 0.4) is 0 Å². The second kappa shape index (κ2) is 4.04. The Bertz CT molecular complexity index is 320. The summed E-state index contributed by atoms with van der Waals surface area (Å²) in [5.41, 5.74) is -1.60. The van der Waals surface area contributed by atoms with Gasteiger partial charge in [0.25, 0.3) is 0 Å². The van der Waals surface area contributed by atoms with E-state index in [2.05, 4.69) is 6.07 Å². The molecule has 4 heteroatoms. The highest BCUT2D eigenvalue weighted by molar-refractivity contribution is 5.14. The van der Waals surface area contributed by atoms with Crippen LogP contribution in [-0.4, -0.2) is 10.5 Å². The zero-order valence-electron chi connectivity index (χ0n) is 9.57. The van der Waals surface area contributed by atoms with Crippen LogP contribution in [0, 0.1) is 26.9 Å². The molecule has 0 N–H and O–H groups in total. The molecule has 0 aromatic carbocycles. The maximum atomic E-state index is 11.4. The molecule has 2 aliphatic carbocycles. The third kappa shape index (κ3) is 1.41. The Morgan fingerprint density at radius 2 is 1.50 bits per heavy atom. The number of rotatable bonds is 2. The molecular weight excluding hydrogens is 204 g/mol. The van der Waals surface area contributed by atoms with Crippen LogP contribution in [0.15, 0.2) is 0 Å². The van der Waals surface area contributed by atoms with E-state index in [1.807, 2.05) is 0 Å². The summed E-state index contributed by atoms with van der Waals surface area (Å²) < 4.78 is 0. The second-order valence-corrected chi connectivity index (χ2v) is 5.25. The van der Waals surface area contributed by atoms with Gasteiger partial charge in [-0.05, 0) is 25.7 Å². The quantitative estimate of drug-likeness (QED) is 0.532. The first kappa shape index (κ1) is 11.4. The van der Waals surface area contributed by atoms with Crippen LogP contribution < -0.4 is 0 Å². The predicted octanol–water partition coefficient (Wildman–Crippen LogP) is 3.05. The highest BCUT2D eigenvalue weighted by Gasteiger charge is 2.62. The summed E-state index contributed by atoms with van der Waals surface area (Å²) in [6, 6.07) is 2.34. The summed E-state index contributed by atoms with van der Waals surface area (Å²) in [5, 5.41) is 20.9. The molecule has 4 nitrogen and oxygen atoms in total. The molecule has 0 atom stereocenters. The van der Waals surface area contributed by atoms with Gasteiger partial charge < -0.3 is 0 Å². The first-order valence-corrected chi connectivity index (χ1v) is 6.23. The Morgan fingerprint density at radius 3 is 1.94 bits per heavy atom. The van der Waals surface area contributed by atoms with Gasteiger partial charge in [0.1, 0.15) is 5.41 Å². The van der Waals surface area contributed by atoms with E-state index in [1.165, 1.54) is 0 Å². The van der Waals surface area contributed by atoms with E-state index >= 15 is 0 Å². The van der Waals surface area contributed by atoms with Crippen molar-refractivity contribution >= 4 is 0 Å². The molecule has 0 aromatic rings. The molecule has 88 valence electrons. The molecule has 0 aliphatic heterocycles. The standard InChI is InChI=1S/C12H18N2O2/c13-10-11(6-2-1-3-7-11)12(14(15)16)8-4-5-9-12/h1-9H2. The van der Waals surface area contributed by atoms with Crippen LogP contribution in [0.4, 0.5) is 0 Å². The SMILES string of the molecule is N#CC1(C2([N+](=O)[O-])CCCC2)CCCCC1. The first-order valence-electron chi connectivity index (χ1n) is 6.23. The Hall–Kier alpha value is -1.11. The van der Waals surface area contributed by atoms with E-state index in [0.29, 0.717) is 12.8 Å². The number of hydrogen-bond acceptors (Lipinski definition) is 3.